The van der Waals surface area contributed by atoms with Crippen molar-refractivity contribution >= 4 is 29.9 Å². The molecule has 0 aromatic heterocycles. The smallest absolute Gasteiger partial charge is 0.191 e. The molecule has 6 heteroatoms. The highest BCUT2D eigenvalue weighted by atomic mass is 127. The van der Waals surface area contributed by atoms with E-state index in [-0.39, 0.29) is 29.5 Å². The molecule has 0 amide bonds. The molecule has 0 aromatic rings. The summed E-state index contributed by atoms with van der Waals surface area (Å²) in [7, 11) is 0. The summed E-state index contributed by atoms with van der Waals surface area (Å²) in [5, 5.41) is 6.70. The molecular formula is C15H33IN4O. The van der Waals surface area contributed by atoms with Gasteiger partial charge in [0.25, 0.3) is 0 Å². The number of rotatable bonds is 6. The summed E-state index contributed by atoms with van der Waals surface area (Å²) in [5.41, 5.74) is 0.0734. The van der Waals surface area contributed by atoms with Crippen LogP contribution in [0, 0.1) is 5.92 Å². The summed E-state index contributed by atoms with van der Waals surface area (Å²) in [6.07, 6.45) is 0. The van der Waals surface area contributed by atoms with Crippen LogP contribution in [0.1, 0.15) is 34.6 Å². The SMILES string of the molecule is CCNC(=NCC(C)(C)N1CCOCC1)NCC(C)C.I. The van der Waals surface area contributed by atoms with E-state index in [4.69, 9.17) is 9.73 Å². The third-order valence-electron chi connectivity index (χ3n) is 3.51. The van der Waals surface area contributed by atoms with Crippen molar-refractivity contribution in [2.24, 2.45) is 10.9 Å². The Morgan fingerprint density at radius 2 is 1.86 bits per heavy atom. The third-order valence-corrected chi connectivity index (χ3v) is 3.51. The topological polar surface area (TPSA) is 48.9 Å². The predicted molar refractivity (Wildman–Crippen MR) is 101 cm³/mol. The fraction of sp³-hybridized carbons (Fsp3) is 0.933. The highest BCUT2D eigenvalue weighted by Gasteiger charge is 2.27. The van der Waals surface area contributed by atoms with Gasteiger partial charge in [-0.25, -0.2) is 0 Å². The standard InChI is InChI=1S/C15H32N4O.HI/c1-6-16-14(17-11-13(2)3)18-12-15(4,5)19-7-9-20-10-8-19;/h13H,6-12H2,1-5H3,(H2,16,17,18);1H. The van der Waals surface area contributed by atoms with E-state index < -0.39 is 0 Å². The molecule has 1 aliphatic heterocycles. The zero-order chi connectivity index (χ0) is 15.0. The number of nitrogens with one attached hydrogen (secondary N) is 2. The van der Waals surface area contributed by atoms with E-state index in [0.29, 0.717) is 5.92 Å². The number of morpholine rings is 1. The minimum atomic E-state index is 0. The van der Waals surface area contributed by atoms with Crippen molar-refractivity contribution in [3.05, 3.63) is 0 Å². The lowest BCUT2D eigenvalue weighted by Crippen LogP contribution is -2.52. The van der Waals surface area contributed by atoms with Gasteiger partial charge in [0, 0.05) is 31.7 Å². The van der Waals surface area contributed by atoms with Crippen LogP contribution >= 0.6 is 24.0 Å². The third kappa shape index (κ3) is 8.21. The first-order valence-electron chi connectivity index (χ1n) is 7.80. The Hall–Kier alpha value is -0.0800. The van der Waals surface area contributed by atoms with Gasteiger partial charge in [-0.2, -0.15) is 0 Å². The second kappa shape index (κ2) is 10.6. The van der Waals surface area contributed by atoms with Gasteiger partial charge < -0.3 is 15.4 Å². The Morgan fingerprint density at radius 3 is 2.38 bits per heavy atom. The fourth-order valence-electron chi connectivity index (χ4n) is 2.18. The van der Waals surface area contributed by atoms with Crippen LogP contribution in [-0.4, -0.2) is 62.3 Å². The summed E-state index contributed by atoms with van der Waals surface area (Å²) in [5.74, 6) is 1.54. The number of guanidine groups is 1. The van der Waals surface area contributed by atoms with Crippen LogP contribution in [0.25, 0.3) is 0 Å². The number of hydrogen-bond donors (Lipinski definition) is 2. The van der Waals surface area contributed by atoms with Crippen LogP contribution in [0.15, 0.2) is 4.99 Å². The summed E-state index contributed by atoms with van der Waals surface area (Å²) < 4.78 is 5.42. The molecule has 0 bridgehead atoms. The lowest BCUT2D eigenvalue weighted by atomic mass is 10.0. The highest BCUT2D eigenvalue weighted by molar-refractivity contribution is 14.0. The van der Waals surface area contributed by atoms with Crippen molar-refractivity contribution in [2.45, 2.75) is 40.2 Å². The summed E-state index contributed by atoms with van der Waals surface area (Å²) >= 11 is 0. The van der Waals surface area contributed by atoms with Crippen molar-refractivity contribution in [2.75, 3.05) is 45.9 Å². The number of aliphatic imine (C=N–C) groups is 1. The lowest BCUT2D eigenvalue weighted by molar-refractivity contribution is -0.00683. The van der Waals surface area contributed by atoms with Crippen molar-refractivity contribution in [3.8, 4) is 0 Å². The molecule has 0 aliphatic carbocycles. The first-order chi connectivity index (χ1) is 9.45. The summed E-state index contributed by atoms with van der Waals surface area (Å²) in [6.45, 7) is 17.3. The molecule has 0 spiro atoms. The maximum Gasteiger partial charge on any atom is 0.191 e. The van der Waals surface area contributed by atoms with Crippen LogP contribution in [0.3, 0.4) is 0 Å². The van der Waals surface area contributed by atoms with Gasteiger partial charge in [0.2, 0.25) is 0 Å². The quantitative estimate of drug-likeness (QED) is 0.398. The van der Waals surface area contributed by atoms with Crippen molar-refractivity contribution in [1.82, 2.24) is 15.5 Å². The molecule has 1 aliphatic rings. The molecular weight excluding hydrogens is 379 g/mol. The predicted octanol–water partition coefficient (Wildman–Crippen LogP) is 1.93. The molecule has 5 nitrogen and oxygen atoms in total. The van der Waals surface area contributed by atoms with E-state index in [1.54, 1.807) is 0 Å². The van der Waals surface area contributed by atoms with Gasteiger partial charge >= 0.3 is 0 Å². The molecule has 1 heterocycles. The van der Waals surface area contributed by atoms with Crippen molar-refractivity contribution < 1.29 is 4.74 Å². The van der Waals surface area contributed by atoms with E-state index in [2.05, 4.69) is 50.2 Å². The van der Waals surface area contributed by atoms with Gasteiger partial charge in [0.15, 0.2) is 5.96 Å². The molecule has 1 saturated heterocycles. The first-order valence-corrected chi connectivity index (χ1v) is 7.80. The normalized spacial score (nSPS) is 17.5. The molecule has 1 fully saturated rings. The van der Waals surface area contributed by atoms with E-state index >= 15 is 0 Å². The van der Waals surface area contributed by atoms with Crippen LogP contribution in [0.4, 0.5) is 0 Å². The lowest BCUT2D eigenvalue weighted by Gasteiger charge is -2.39. The maximum atomic E-state index is 5.42. The molecule has 21 heavy (non-hydrogen) atoms. The minimum Gasteiger partial charge on any atom is -0.379 e. The first kappa shape index (κ1) is 20.9. The van der Waals surface area contributed by atoms with Crippen LogP contribution in [0.2, 0.25) is 0 Å². The van der Waals surface area contributed by atoms with Crippen LogP contribution < -0.4 is 10.6 Å². The van der Waals surface area contributed by atoms with E-state index in [1.165, 1.54) is 0 Å². The summed E-state index contributed by atoms with van der Waals surface area (Å²) in [4.78, 5) is 7.21. The Kier molecular flexibility index (Phi) is 10.6. The van der Waals surface area contributed by atoms with Crippen LogP contribution in [-0.2, 0) is 4.74 Å². The molecule has 0 aromatic carbocycles. The molecule has 0 unspecified atom stereocenters. The minimum absolute atomic E-state index is 0. The average Bonchev–Trinajstić information content (AvgIpc) is 2.43. The number of halogens is 1. The van der Waals surface area contributed by atoms with E-state index in [0.717, 1.165) is 51.9 Å². The van der Waals surface area contributed by atoms with Crippen molar-refractivity contribution in [3.63, 3.8) is 0 Å². The van der Waals surface area contributed by atoms with Gasteiger partial charge in [0.05, 0.1) is 19.8 Å². The Morgan fingerprint density at radius 1 is 1.24 bits per heavy atom. The molecule has 2 N–H and O–H groups in total. The Balaban J connectivity index is 0.00000400. The van der Waals surface area contributed by atoms with Gasteiger partial charge in [-0.05, 0) is 26.7 Å². The van der Waals surface area contributed by atoms with E-state index in [9.17, 15) is 0 Å². The zero-order valence-electron chi connectivity index (χ0n) is 14.2. The molecule has 1 rings (SSSR count). The largest absolute Gasteiger partial charge is 0.379 e. The number of nitrogens with zero attached hydrogens (tertiary/aromatic N) is 2. The Labute approximate surface area is 147 Å². The molecule has 0 saturated carbocycles. The van der Waals surface area contributed by atoms with Gasteiger partial charge in [-0.1, -0.05) is 13.8 Å². The molecule has 0 atom stereocenters. The number of hydrogen-bond acceptors (Lipinski definition) is 3. The second-order valence-electron chi connectivity index (χ2n) is 6.38. The van der Waals surface area contributed by atoms with Crippen LogP contribution in [0.5, 0.6) is 0 Å². The number of ether oxygens (including phenoxy) is 1. The Bertz CT molecular complexity index is 302. The maximum absolute atomic E-state index is 5.42. The fourth-order valence-corrected chi connectivity index (χ4v) is 2.18. The van der Waals surface area contributed by atoms with Crippen molar-refractivity contribution in [1.29, 1.82) is 0 Å². The zero-order valence-corrected chi connectivity index (χ0v) is 16.6. The van der Waals surface area contributed by atoms with Gasteiger partial charge in [-0.3, -0.25) is 9.89 Å². The molecule has 0 radical (unpaired) electrons. The van der Waals surface area contributed by atoms with E-state index in [1.807, 2.05) is 0 Å². The molecule has 126 valence electrons. The summed E-state index contributed by atoms with van der Waals surface area (Å²) in [6, 6.07) is 0. The van der Waals surface area contributed by atoms with Gasteiger partial charge in [0.1, 0.15) is 0 Å². The van der Waals surface area contributed by atoms with Gasteiger partial charge in [-0.15, -0.1) is 24.0 Å². The highest BCUT2D eigenvalue weighted by Crippen LogP contribution is 2.16. The average molecular weight is 412 g/mol. The second-order valence-corrected chi connectivity index (χ2v) is 6.38. The monoisotopic (exact) mass is 412 g/mol.